The van der Waals surface area contributed by atoms with Gasteiger partial charge < -0.3 is 9.13 Å². The molecule has 0 aliphatic rings. The second kappa shape index (κ2) is 20.7. The number of hydrogen-bond donors (Lipinski definition) is 0. The highest BCUT2D eigenvalue weighted by molar-refractivity contribution is 6.14. The Balaban J connectivity index is 1.10. The van der Waals surface area contributed by atoms with Crippen LogP contribution < -0.4 is 0 Å². The number of rotatable bonds is 8. The number of nitrogens with zero attached hydrogens (tertiary/aromatic N) is 3. The Hall–Kier alpha value is -9.91. The van der Waals surface area contributed by atoms with E-state index in [1.807, 2.05) is 12.1 Å². The van der Waals surface area contributed by atoms with E-state index in [1.165, 1.54) is 6.07 Å². The maximum absolute atomic E-state index is 15.3. The fourth-order valence-corrected chi connectivity index (χ4v) is 13.2. The third-order valence-corrected chi connectivity index (χ3v) is 16.6. The predicted octanol–water partition coefficient (Wildman–Crippen LogP) is 22.3. The Morgan fingerprint density at radius 3 is 1.03 bits per heavy atom. The van der Waals surface area contributed by atoms with Gasteiger partial charge in [0.05, 0.1) is 50.5 Å². The van der Waals surface area contributed by atoms with Crippen molar-refractivity contribution in [2.75, 3.05) is 0 Å². The van der Waals surface area contributed by atoms with E-state index in [1.54, 1.807) is 18.2 Å². The van der Waals surface area contributed by atoms with E-state index in [0.717, 1.165) is 139 Å². The minimum atomic E-state index is -5.16. The van der Waals surface area contributed by atoms with Crippen molar-refractivity contribution in [3.63, 3.8) is 0 Å². The van der Waals surface area contributed by atoms with Gasteiger partial charge in [0.25, 0.3) is 0 Å². The van der Waals surface area contributed by atoms with Gasteiger partial charge in [-0.15, -0.1) is 0 Å². The zero-order valence-electron chi connectivity index (χ0n) is 48.7. The number of hydrogen-bond acceptors (Lipinski definition) is 1. The summed E-state index contributed by atoms with van der Waals surface area (Å²) in [6, 6.07) is 66.0. The Bertz CT molecular complexity index is 4720. The van der Waals surface area contributed by atoms with Gasteiger partial charge in [0.1, 0.15) is 0 Å². The van der Waals surface area contributed by atoms with Crippen LogP contribution >= 0.6 is 0 Å². The summed E-state index contributed by atoms with van der Waals surface area (Å²) in [6.45, 7) is 16.6. The van der Waals surface area contributed by atoms with E-state index in [-0.39, 0.29) is 17.2 Å². The average molecular weight is 1140 g/mol. The molecule has 0 amide bonds. The summed E-state index contributed by atoms with van der Waals surface area (Å²) >= 11 is 0. The molecule has 2 aromatic heterocycles. The van der Waals surface area contributed by atoms with Gasteiger partial charge in [0.2, 0.25) is 0 Å². The molecule has 0 bridgehead atoms. The summed E-state index contributed by atoms with van der Waals surface area (Å²) in [4.78, 5) is 0. The molecule has 422 valence electrons. The maximum Gasteiger partial charge on any atom is 0.417 e. The maximum atomic E-state index is 15.3. The fourth-order valence-electron chi connectivity index (χ4n) is 13.2. The molecule has 0 saturated heterocycles. The molecule has 0 saturated carbocycles. The molecule has 86 heavy (non-hydrogen) atoms. The zero-order chi connectivity index (χ0) is 60.2. The Morgan fingerprint density at radius 2 is 0.674 bits per heavy atom. The summed E-state index contributed by atoms with van der Waals surface area (Å²) in [7, 11) is 0. The Labute approximate surface area is 495 Å². The molecule has 0 spiro atoms. The number of halogens is 6. The van der Waals surface area contributed by atoms with Crippen LogP contribution in [-0.2, 0) is 12.4 Å². The first-order valence-corrected chi connectivity index (χ1v) is 28.5. The smallest absolute Gasteiger partial charge is 0.309 e. The molecule has 0 fully saturated rings. The number of aryl methyl sites for hydroxylation is 8. The zero-order valence-corrected chi connectivity index (χ0v) is 48.7. The highest BCUT2D eigenvalue weighted by atomic mass is 19.4. The molecule has 0 aliphatic heterocycles. The van der Waals surface area contributed by atoms with Crippen LogP contribution in [0.25, 0.3) is 122 Å². The molecule has 11 aromatic carbocycles. The molecule has 2 heterocycles. The van der Waals surface area contributed by atoms with Crippen LogP contribution in [0.3, 0.4) is 0 Å². The third kappa shape index (κ3) is 9.99. The third-order valence-electron chi connectivity index (χ3n) is 16.6. The van der Waals surface area contributed by atoms with Gasteiger partial charge in [-0.2, -0.15) is 31.6 Å². The summed E-state index contributed by atoms with van der Waals surface area (Å²) < 4.78 is 92.7. The van der Waals surface area contributed by atoms with Crippen LogP contribution in [-0.4, -0.2) is 9.13 Å². The van der Waals surface area contributed by atoms with E-state index >= 15 is 13.2 Å². The lowest BCUT2D eigenvalue weighted by molar-refractivity contribution is -0.142. The number of aromatic nitrogens is 2. The average Bonchev–Trinajstić information content (AvgIpc) is 1.63. The van der Waals surface area contributed by atoms with Crippen molar-refractivity contribution in [1.82, 2.24) is 9.13 Å². The van der Waals surface area contributed by atoms with Gasteiger partial charge in [-0.25, -0.2) is 0 Å². The predicted molar refractivity (Wildman–Crippen MR) is 340 cm³/mol. The molecule has 0 radical (unpaired) electrons. The second-order valence-corrected chi connectivity index (χ2v) is 23.4. The highest BCUT2D eigenvalue weighted by Crippen LogP contribution is 2.47. The molecule has 13 aromatic rings. The largest absolute Gasteiger partial charge is 0.417 e. The quantitative estimate of drug-likeness (QED) is 0.140. The van der Waals surface area contributed by atoms with Crippen molar-refractivity contribution in [3.05, 3.63) is 261 Å². The number of nitriles is 1. The lowest BCUT2D eigenvalue weighted by atomic mass is 9.91. The van der Waals surface area contributed by atoms with Crippen LogP contribution in [0.1, 0.15) is 61.2 Å². The van der Waals surface area contributed by atoms with Crippen molar-refractivity contribution >= 4 is 43.6 Å². The first-order chi connectivity index (χ1) is 41.0. The van der Waals surface area contributed by atoms with Gasteiger partial charge >= 0.3 is 12.4 Å². The van der Waals surface area contributed by atoms with E-state index in [2.05, 4.69) is 216 Å². The van der Waals surface area contributed by atoms with Crippen molar-refractivity contribution in [2.45, 2.75) is 67.7 Å². The molecule has 0 N–H and O–H groups in total. The van der Waals surface area contributed by atoms with E-state index in [0.29, 0.717) is 28.6 Å². The molecule has 0 atom stereocenters. The van der Waals surface area contributed by atoms with Crippen LogP contribution in [0.2, 0.25) is 0 Å². The Kier molecular flexibility index (Phi) is 13.3. The normalized spacial score (nSPS) is 12.1. The number of fused-ring (bicyclic) bond motifs is 6. The van der Waals surface area contributed by atoms with Gasteiger partial charge in [-0.3, -0.25) is 0 Å². The molecular weight excluding hydrogens is 1080 g/mol. The number of benzene rings is 11. The lowest BCUT2D eigenvalue weighted by Gasteiger charge is -2.20. The molecule has 9 heteroatoms. The standard InChI is InChI=1S/C77H57F6N3/c1-43-23-44(2)28-57(27-43)51-10-18-71-66(35-51)67-36-52(58-29-45(3)24-46(4)30-58)11-19-72(67)85(71)62-16-9-56(42-84)64(41-62)65-39-55(63-17-15-61(76(78,79)80)40-70(63)77(81,82)83)14-22-73(65)86-74-20-12-53(59-31-47(5)25-48(6)32-59)37-68(74)69-38-54(13-21-75(69)86)60-33-49(7)26-50(8)34-60/h9-41H,1-8H3. The first-order valence-electron chi connectivity index (χ1n) is 28.5. The minimum Gasteiger partial charge on any atom is -0.309 e. The molecule has 0 unspecified atom stereocenters. The van der Waals surface area contributed by atoms with Gasteiger partial charge in [-0.1, -0.05) is 154 Å². The van der Waals surface area contributed by atoms with E-state index in [9.17, 15) is 18.4 Å². The van der Waals surface area contributed by atoms with Crippen LogP contribution in [0.4, 0.5) is 26.3 Å². The van der Waals surface area contributed by atoms with Crippen LogP contribution in [0, 0.1) is 66.7 Å². The number of alkyl halides is 6. The van der Waals surface area contributed by atoms with Crippen LogP contribution in [0.15, 0.2) is 200 Å². The summed E-state index contributed by atoms with van der Waals surface area (Å²) in [5, 5.41) is 15.1. The molecule has 0 aliphatic carbocycles. The van der Waals surface area contributed by atoms with Crippen molar-refractivity contribution in [3.8, 4) is 84.2 Å². The van der Waals surface area contributed by atoms with E-state index in [4.69, 9.17) is 0 Å². The monoisotopic (exact) mass is 1140 g/mol. The van der Waals surface area contributed by atoms with E-state index < -0.39 is 29.0 Å². The van der Waals surface area contributed by atoms with Crippen molar-refractivity contribution in [1.29, 1.82) is 5.26 Å². The topological polar surface area (TPSA) is 33.6 Å². The molecule has 3 nitrogen and oxygen atoms in total. The minimum absolute atomic E-state index is 0.0174. The van der Waals surface area contributed by atoms with Gasteiger partial charge in [0.15, 0.2) is 0 Å². The fraction of sp³-hybridized carbons (Fsp3) is 0.130. The highest BCUT2D eigenvalue weighted by Gasteiger charge is 2.39. The van der Waals surface area contributed by atoms with Crippen LogP contribution in [0.5, 0.6) is 0 Å². The first kappa shape index (κ1) is 55.3. The van der Waals surface area contributed by atoms with Crippen molar-refractivity contribution < 1.29 is 26.3 Å². The van der Waals surface area contributed by atoms with Gasteiger partial charge in [-0.05, 0) is 202 Å². The van der Waals surface area contributed by atoms with Crippen molar-refractivity contribution in [2.24, 2.45) is 0 Å². The lowest BCUT2D eigenvalue weighted by Crippen LogP contribution is -2.12. The Morgan fingerprint density at radius 1 is 0.302 bits per heavy atom. The van der Waals surface area contributed by atoms with Gasteiger partial charge in [0, 0.05) is 38.4 Å². The summed E-state index contributed by atoms with van der Waals surface area (Å²) in [5.41, 5.74) is 19.7. The SMILES string of the molecule is Cc1cc(C)cc(-c2ccc3c(c2)c2cc(-c4cc(C)cc(C)c4)ccc2n3-c2ccc(C#N)c(-c3cc(-c4ccc(C(F)(F)F)cc4C(F)(F)F)ccc3-n3c4ccc(-c5cc(C)cc(C)c5)cc4c4cc(-c5cc(C)cc(C)c5)ccc43)c2)c1. The molecular formula is C77H57F6N3. The molecule has 13 rings (SSSR count). The summed E-state index contributed by atoms with van der Waals surface area (Å²) in [6.07, 6.45) is -10.2. The second-order valence-electron chi connectivity index (χ2n) is 23.4. The summed E-state index contributed by atoms with van der Waals surface area (Å²) in [5.74, 6) is 0.